The van der Waals surface area contributed by atoms with Crippen LogP contribution in [0.15, 0.2) is 48.5 Å². The van der Waals surface area contributed by atoms with Crippen LogP contribution in [0.3, 0.4) is 0 Å². The van der Waals surface area contributed by atoms with Crippen LogP contribution in [0.25, 0.3) is 0 Å². The molecule has 3 nitrogen and oxygen atoms in total. The van der Waals surface area contributed by atoms with Gasteiger partial charge in [-0.1, -0.05) is 41.9 Å². The summed E-state index contributed by atoms with van der Waals surface area (Å²) in [7, 11) is 0. The number of nitrogens with one attached hydrogen (secondary N) is 1. The fraction of sp³-hybridized carbons (Fsp3) is 0.294. The lowest BCUT2D eigenvalue weighted by Gasteiger charge is -2.14. The summed E-state index contributed by atoms with van der Waals surface area (Å²) in [5.74, 6) is 0.811. The number of aliphatic hydroxyl groups is 1. The van der Waals surface area contributed by atoms with Crippen molar-refractivity contribution >= 4 is 11.6 Å². The van der Waals surface area contributed by atoms with Crippen molar-refractivity contribution < 1.29 is 9.84 Å². The Labute approximate surface area is 130 Å². The molecule has 2 aromatic rings. The maximum atomic E-state index is 9.92. The van der Waals surface area contributed by atoms with Crippen molar-refractivity contribution in [2.45, 2.75) is 19.6 Å². The average Bonchev–Trinajstić information content (AvgIpc) is 2.46. The molecule has 21 heavy (non-hydrogen) atoms. The van der Waals surface area contributed by atoms with Crippen LogP contribution in [-0.4, -0.2) is 24.4 Å². The molecule has 0 amide bonds. The number of benzene rings is 2. The summed E-state index contributed by atoms with van der Waals surface area (Å²) in [5.41, 5.74) is 2.16. The molecular weight excluding hydrogens is 286 g/mol. The molecule has 2 N–H and O–H groups in total. The van der Waals surface area contributed by atoms with Crippen molar-refractivity contribution in [3.63, 3.8) is 0 Å². The van der Waals surface area contributed by atoms with Gasteiger partial charge in [0.1, 0.15) is 18.5 Å². The predicted molar refractivity (Wildman–Crippen MR) is 85.8 cm³/mol. The number of para-hydroxylation sites is 1. The fourth-order valence-electron chi connectivity index (χ4n) is 1.99. The standard InChI is InChI=1S/C17H20ClNO2/c1-13-5-2-3-8-17(13)21-12-16(20)11-19-10-14-6-4-7-15(18)9-14/h2-9,16,19-20H,10-12H2,1H3. The van der Waals surface area contributed by atoms with Gasteiger partial charge in [0.25, 0.3) is 0 Å². The summed E-state index contributed by atoms with van der Waals surface area (Å²) < 4.78 is 5.61. The van der Waals surface area contributed by atoms with Crippen LogP contribution in [0.1, 0.15) is 11.1 Å². The molecule has 0 aliphatic rings. The summed E-state index contributed by atoms with van der Waals surface area (Å²) in [5, 5.41) is 13.8. The van der Waals surface area contributed by atoms with E-state index in [1.807, 2.05) is 55.5 Å². The van der Waals surface area contributed by atoms with Gasteiger partial charge in [0, 0.05) is 18.1 Å². The SMILES string of the molecule is Cc1ccccc1OCC(O)CNCc1cccc(Cl)c1. The van der Waals surface area contributed by atoms with E-state index in [1.54, 1.807) is 0 Å². The minimum atomic E-state index is -0.552. The summed E-state index contributed by atoms with van der Waals surface area (Å²) in [6.45, 7) is 3.40. The zero-order valence-corrected chi connectivity index (χ0v) is 12.8. The molecule has 112 valence electrons. The number of aryl methyl sites for hydroxylation is 1. The number of rotatable bonds is 7. The predicted octanol–water partition coefficient (Wildman–Crippen LogP) is 3.18. The first-order chi connectivity index (χ1) is 10.1. The Bertz CT molecular complexity index is 574. The van der Waals surface area contributed by atoms with E-state index in [0.29, 0.717) is 13.1 Å². The minimum absolute atomic E-state index is 0.271. The van der Waals surface area contributed by atoms with Gasteiger partial charge in [0.15, 0.2) is 0 Å². The van der Waals surface area contributed by atoms with Gasteiger partial charge in [-0.25, -0.2) is 0 Å². The van der Waals surface area contributed by atoms with E-state index >= 15 is 0 Å². The molecule has 0 heterocycles. The summed E-state index contributed by atoms with van der Waals surface area (Å²) in [6.07, 6.45) is -0.552. The van der Waals surface area contributed by atoms with E-state index in [1.165, 1.54) is 0 Å². The Hall–Kier alpha value is -1.55. The largest absolute Gasteiger partial charge is 0.491 e. The third kappa shape index (κ3) is 5.38. The first-order valence-corrected chi connectivity index (χ1v) is 7.34. The van der Waals surface area contributed by atoms with E-state index < -0.39 is 6.10 Å². The van der Waals surface area contributed by atoms with E-state index in [9.17, 15) is 5.11 Å². The number of halogens is 1. The van der Waals surface area contributed by atoms with Gasteiger partial charge in [-0.3, -0.25) is 0 Å². The lowest BCUT2D eigenvalue weighted by Crippen LogP contribution is -2.31. The second-order valence-corrected chi connectivity index (χ2v) is 5.43. The molecule has 1 unspecified atom stereocenters. The quantitative estimate of drug-likeness (QED) is 0.825. The maximum Gasteiger partial charge on any atom is 0.122 e. The molecule has 1 atom stereocenters. The van der Waals surface area contributed by atoms with Crippen LogP contribution in [0.2, 0.25) is 5.02 Å². The first-order valence-electron chi connectivity index (χ1n) is 6.97. The topological polar surface area (TPSA) is 41.5 Å². The molecule has 0 saturated heterocycles. The molecule has 0 aliphatic heterocycles. The molecule has 0 bridgehead atoms. The summed E-state index contributed by atoms with van der Waals surface area (Å²) in [6, 6.07) is 15.4. The lowest BCUT2D eigenvalue weighted by molar-refractivity contribution is 0.106. The smallest absolute Gasteiger partial charge is 0.122 e. The van der Waals surface area contributed by atoms with Gasteiger partial charge >= 0.3 is 0 Å². The molecule has 4 heteroatoms. The van der Waals surface area contributed by atoms with Crippen LogP contribution < -0.4 is 10.1 Å². The Morgan fingerprint density at radius 1 is 1.19 bits per heavy atom. The molecule has 0 spiro atoms. The van der Waals surface area contributed by atoms with Crippen molar-refractivity contribution in [2.24, 2.45) is 0 Å². The minimum Gasteiger partial charge on any atom is -0.491 e. The van der Waals surface area contributed by atoms with E-state index in [4.69, 9.17) is 16.3 Å². The van der Waals surface area contributed by atoms with Crippen molar-refractivity contribution in [1.82, 2.24) is 5.32 Å². The molecule has 2 aromatic carbocycles. The first kappa shape index (κ1) is 15.8. The average molecular weight is 306 g/mol. The van der Waals surface area contributed by atoms with Crippen molar-refractivity contribution in [2.75, 3.05) is 13.2 Å². The maximum absolute atomic E-state index is 9.92. The van der Waals surface area contributed by atoms with Crippen molar-refractivity contribution in [3.05, 3.63) is 64.7 Å². The highest BCUT2D eigenvalue weighted by Gasteiger charge is 2.06. The molecule has 2 rings (SSSR count). The van der Waals surface area contributed by atoms with Crippen LogP contribution in [0.5, 0.6) is 5.75 Å². The van der Waals surface area contributed by atoms with Gasteiger partial charge in [0.2, 0.25) is 0 Å². The molecule has 0 saturated carbocycles. The normalized spacial score (nSPS) is 12.1. The number of hydrogen-bond donors (Lipinski definition) is 2. The van der Waals surface area contributed by atoms with Crippen LogP contribution in [-0.2, 0) is 6.54 Å². The molecule has 0 aliphatic carbocycles. The van der Waals surface area contributed by atoms with E-state index in [-0.39, 0.29) is 6.61 Å². The van der Waals surface area contributed by atoms with Crippen molar-refractivity contribution in [1.29, 1.82) is 0 Å². The van der Waals surface area contributed by atoms with Gasteiger partial charge in [-0.15, -0.1) is 0 Å². The Morgan fingerprint density at radius 2 is 2.00 bits per heavy atom. The third-order valence-electron chi connectivity index (χ3n) is 3.12. The highest BCUT2D eigenvalue weighted by Crippen LogP contribution is 2.16. The molecule has 0 radical (unpaired) electrons. The zero-order chi connectivity index (χ0) is 15.1. The van der Waals surface area contributed by atoms with Gasteiger partial charge in [-0.05, 0) is 36.2 Å². The monoisotopic (exact) mass is 305 g/mol. The highest BCUT2D eigenvalue weighted by molar-refractivity contribution is 6.30. The number of aliphatic hydroxyl groups excluding tert-OH is 1. The number of hydrogen-bond acceptors (Lipinski definition) is 3. The Kier molecular flexibility index (Phi) is 6.05. The van der Waals surface area contributed by atoms with Gasteiger partial charge in [0.05, 0.1) is 0 Å². The summed E-state index contributed by atoms with van der Waals surface area (Å²) in [4.78, 5) is 0. The van der Waals surface area contributed by atoms with E-state index in [0.717, 1.165) is 21.9 Å². The second-order valence-electron chi connectivity index (χ2n) is 4.99. The second kappa shape index (κ2) is 8.03. The van der Waals surface area contributed by atoms with Gasteiger partial charge in [-0.2, -0.15) is 0 Å². The van der Waals surface area contributed by atoms with Crippen LogP contribution >= 0.6 is 11.6 Å². The molecular formula is C17H20ClNO2. The third-order valence-corrected chi connectivity index (χ3v) is 3.36. The Morgan fingerprint density at radius 3 is 2.76 bits per heavy atom. The zero-order valence-electron chi connectivity index (χ0n) is 12.1. The fourth-order valence-corrected chi connectivity index (χ4v) is 2.21. The molecule has 0 fully saturated rings. The number of ether oxygens (including phenoxy) is 1. The van der Waals surface area contributed by atoms with Crippen LogP contribution in [0, 0.1) is 6.92 Å². The van der Waals surface area contributed by atoms with E-state index in [2.05, 4.69) is 5.32 Å². The summed E-state index contributed by atoms with van der Waals surface area (Å²) >= 11 is 5.92. The van der Waals surface area contributed by atoms with Crippen LogP contribution in [0.4, 0.5) is 0 Å². The van der Waals surface area contributed by atoms with Crippen molar-refractivity contribution in [3.8, 4) is 5.75 Å². The Balaban J connectivity index is 1.70. The van der Waals surface area contributed by atoms with Gasteiger partial charge < -0.3 is 15.2 Å². The lowest BCUT2D eigenvalue weighted by atomic mass is 10.2. The molecule has 0 aromatic heterocycles. The highest BCUT2D eigenvalue weighted by atomic mass is 35.5.